The fourth-order valence-electron chi connectivity index (χ4n) is 1.87. The number of Topliss-reactive ketones (excluding diaryl/α,β-unsaturated/α-hetero) is 1. The summed E-state index contributed by atoms with van der Waals surface area (Å²) < 4.78 is 10.5. The van der Waals surface area contributed by atoms with E-state index in [-0.39, 0.29) is 11.9 Å². The van der Waals surface area contributed by atoms with Crippen molar-refractivity contribution in [1.29, 1.82) is 0 Å². The highest BCUT2D eigenvalue weighted by Gasteiger charge is 2.22. The van der Waals surface area contributed by atoms with E-state index in [1.807, 2.05) is 0 Å². The first kappa shape index (κ1) is 11.1. The monoisotopic (exact) mass is 221 g/mol. The lowest BCUT2D eigenvalue weighted by Gasteiger charge is -2.09. The minimum Gasteiger partial charge on any atom is -0.494 e. The van der Waals surface area contributed by atoms with Gasteiger partial charge in [-0.25, -0.2) is 4.98 Å². The first-order chi connectivity index (χ1) is 7.81. The van der Waals surface area contributed by atoms with Crippen molar-refractivity contribution in [2.75, 3.05) is 13.7 Å². The third-order valence-electron chi connectivity index (χ3n) is 2.69. The zero-order chi connectivity index (χ0) is 11.4. The summed E-state index contributed by atoms with van der Waals surface area (Å²) >= 11 is 0. The fourth-order valence-corrected chi connectivity index (χ4v) is 1.87. The zero-order valence-electron chi connectivity index (χ0n) is 9.31. The lowest BCUT2D eigenvalue weighted by Crippen LogP contribution is -2.14. The molecule has 2 rings (SSSR count). The molecule has 1 aromatic heterocycles. The molecule has 0 N–H and O–H groups in total. The Morgan fingerprint density at radius 1 is 1.69 bits per heavy atom. The number of ether oxygens (including phenoxy) is 2. The van der Waals surface area contributed by atoms with Crippen molar-refractivity contribution < 1.29 is 14.3 Å². The highest BCUT2D eigenvalue weighted by Crippen LogP contribution is 2.21. The van der Waals surface area contributed by atoms with E-state index < -0.39 is 0 Å². The van der Waals surface area contributed by atoms with Crippen LogP contribution in [0.3, 0.4) is 0 Å². The molecule has 1 saturated heterocycles. The maximum Gasteiger partial charge on any atom is 0.187 e. The van der Waals surface area contributed by atoms with Crippen LogP contribution < -0.4 is 4.74 Å². The Bertz CT molecular complexity index is 372. The van der Waals surface area contributed by atoms with Crippen molar-refractivity contribution in [1.82, 2.24) is 4.98 Å². The Balaban J connectivity index is 2.07. The molecule has 0 aromatic carbocycles. The summed E-state index contributed by atoms with van der Waals surface area (Å²) in [5.41, 5.74) is 0.403. The standard InChI is InChI=1S/C12H15NO3/c1-15-11-5-2-6-13-12(11)10(14)8-9-4-3-7-16-9/h2,5-6,9H,3-4,7-8H2,1H3. The van der Waals surface area contributed by atoms with Gasteiger partial charge in [-0.2, -0.15) is 0 Å². The number of pyridine rings is 1. The van der Waals surface area contributed by atoms with Crippen LogP contribution in [0.25, 0.3) is 0 Å². The van der Waals surface area contributed by atoms with Crippen molar-refractivity contribution >= 4 is 5.78 Å². The van der Waals surface area contributed by atoms with E-state index in [2.05, 4.69) is 4.98 Å². The van der Waals surface area contributed by atoms with Crippen LogP contribution in [0, 0.1) is 0 Å². The van der Waals surface area contributed by atoms with E-state index in [0.717, 1.165) is 19.4 Å². The summed E-state index contributed by atoms with van der Waals surface area (Å²) in [6.07, 6.45) is 4.05. The normalized spacial score (nSPS) is 19.7. The van der Waals surface area contributed by atoms with Crippen LogP contribution in [-0.4, -0.2) is 30.6 Å². The van der Waals surface area contributed by atoms with E-state index >= 15 is 0 Å². The summed E-state index contributed by atoms with van der Waals surface area (Å²) in [6, 6.07) is 3.50. The largest absolute Gasteiger partial charge is 0.494 e. The Labute approximate surface area is 94.6 Å². The predicted molar refractivity (Wildman–Crippen MR) is 58.7 cm³/mol. The van der Waals surface area contributed by atoms with Crippen LogP contribution in [0.5, 0.6) is 5.75 Å². The Morgan fingerprint density at radius 3 is 3.25 bits per heavy atom. The van der Waals surface area contributed by atoms with Gasteiger partial charge in [0.05, 0.1) is 13.2 Å². The van der Waals surface area contributed by atoms with Crippen LogP contribution >= 0.6 is 0 Å². The van der Waals surface area contributed by atoms with E-state index in [4.69, 9.17) is 9.47 Å². The number of carbonyl (C=O) groups is 1. The quantitative estimate of drug-likeness (QED) is 0.728. The van der Waals surface area contributed by atoms with Crippen molar-refractivity contribution in [2.45, 2.75) is 25.4 Å². The lowest BCUT2D eigenvalue weighted by molar-refractivity contribution is 0.0769. The van der Waals surface area contributed by atoms with E-state index in [9.17, 15) is 4.79 Å². The van der Waals surface area contributed by atoms with Crippen molar-refractivity contribution in [3.63, 3.8) is 0 Å². The van der Waals surface area contributed by atoms with Crippen molar-refractivity contribution in [3.8, 4) is 5.75 Å². The minimum absolute atomic E-state index is 0.00986. The van der Waals surface area contributed by atoms with Crippen molar-refractivity contribution in [3.05, 3.63) is 24.0 Å². The van der Waals surface area contributed by atoms with Gasteiger partial charge < -0.3 is 9.47 Å². The SMILES string of the molecule is COc1cccnc1C(=O)CC1CCCO1. The molecule has 16 heavy (non-hydrogen) atoms. The van der Waals surface area contributed by atoms with Gasteiger partial charge in [-0.1, -0.05) is 0 Å². The average Bonchev–Trinajstić information content (AvgIpc) is 2.81. The Morgan fingerprint density at radius 2 is 2.56 bits per heavy atom. The number of nitrogens with zero attached hydrogens (tertiary/aromatic N) is 1. The second-order valence-electron chi connectivity index (χ2n) is 3.82. The van der Waals surface area contributed by atoms with Gasteiger partial charge >= 0.3 is 0 Å². The third-order valence-corrected chi connectivity index (χ3v) is 2.69. The molecular weight excluding hydrogens is 206 g/mol. The van der Waals surface area contributed by atoms with Gasteiger partial charge in [0.1, 0.15) is 11.4 Å². The number of hydrogen-bond acceptors (Lipinski definition) is 4. The Kier molecular flexibility index (Phi) is 3.51. The fraction of sp³-hybridized carbons (Fsp3) is 0.500. The molecule has 0 spiro atoms. The summed E-state index contributed by atoms with van der Waals surface area (Å²) in [7, 11) is 1.54. The predicted octanol–water partition coefficient (Wildman–Crippen LogP) is 1.84. The van der Waals surface area contributed by atoms with Gasteiger partial charge in [-0.05, 0) is 25.0 Å². The van der Waals surface area contributed by atoms with Gasteiger partial charge in [0, 0.05) is 19.2 Å². The molecular formula is C12H15NO3. The second-order valence-corrected chi connectivity index (χ2v) is 3.82. The molecule has 86 valence electrons. The molecule has 4 heteroatoms. The molecule has 2 heterocycles. The molecule has 0 bridgehead atoms. The van der Waals surface area contributed by atoms with Crippen LogP contribution in [0.2, 0.25) is 0 Å². The molecule has 1 aliphatic rings. The van der Waals surface area contributed by atoms with Gasteiger partial charge in [0.15, 0.2) is 5.78 Å². The molecule has 1 unspecified atom stereocenters. The maximum atomic E-state index is 12.0. The van der Waals surface area contributed by atoms with Crippen LogP contribution in [0.1, 0.15) is 29.8 Å². The maximum absolute atomic E-state index is 12.0. The molecule has 0 amide bonds. The molecule has 1 aromatic rings. The smallest absolute Gasteiger partial charge is 0.187 e. The topological polar surface area (TPSA) is 48.4 Å². The van der Waals surface area contributed by atoms with Crippen molar-refractivity contribution in [2.24, 2.45) is 0 Å². The number of rotatable bonds is 4. The molecule has 4 nitrogen and oxygen atoms in total. The summed E-state index contributed by atoms with van der Waals surface area (Å²) in [6.45, 7) is 0.761. The average molecular weight is 221 g/mol. The number of aromatic nitrogens is 1. The first-order valence-electron chi connectivity index (χ1n) is 5.45. The van der Waals surface area contributed by atoms with Gasteiger partial charge in [0.25, 0.3) is 0 Å². The Hall–Kier alpha value is -1.42. The molecule has 1 fully saturated rings. The van der Waals surface area contributed by atoms with Gasteiger partial charge in [0.2, 0.25) is 0 Å². The molecule has 0 saturated carbocycles. The van der Waals surface area contributed by atoms with E-state index in [0.29, 0.717) is 17.9 Å². The van der Waals surface area contributed by atoms with Crippen LogP contribution in [0.4, 0.5) is 0 Å². The second kappa shape index (κ2) is 5.07. The first-order valence-corrected chi connectivity index (χ1v) is 5.45. The summed E-state index contributed by atoms with van der Waals surface area (Å²) in [5.74, 6) is 0.523. The number of ketones is 1. The molecule has 0 aliphatic carbocycles. The summed E-state index contributed by atoms with van der Waals surface area (Å²) in [4.78, 5) is 16.0. The molecule has 1 atom stereocenters. The van der Waals surface area contributed by atoms with Crippen LogP contribution in [-0.2, 0) is 4.74 Å². The lowest BCUT2D eigenvalue weighted by atomic mass is 10.1. The van der Waals surface area contributed by atoms with E-state index in [1.165, 1.54) is 0 Å². The van der Waals surface area contributed by atoms with Gasteiger partial charge in [-0.3, -0.25) is 4.79 Å². The highest BCUT2D eigenvalue weighted by molar-refractivity contribution is 5.97. The van der Waals surface area contributed by atoms with Gasteiger partial charge in [-0.15, -0.1) is 0 Å². The number of carbonyl (C=O) groups excluding carboxylic acids is 1. The van der Waals surface area contributed by atoms with Crippen LogP contribution in [0.15, 0.2) is 18.3 Å². The highest BCUT2D eigenvalue weighted by atomic mass is 16.5. The molecule has 1 aliphatic heterocycles. The number of methoxy groups -OCH3 is 1. The minimum atomic E-state index is -0.00986. The summed E-state index contributed by atoms with van der Waals surface area (Å²) in [5, 5.41) is 0. The zero-order valence-corrected chi connectivity index (χ0v) is 9.31. The molecule has 0 radical (unpaired) electrons. The third kappa shape index (κ3) is 2.39. The van der Waals surface area contributed by atoms with E-state index in [1.54, 1.807) is 25.4 Å². The number of hydrogen-bond donors (Lipinski definition) is 0.